The van der Waals surface area contributed by atoms with Crippen LogP contribution in [0.3, 0.4) is 0 Å². The van der Waals surface area contributed by atoms with Crippen molar-refractivity contribution in [1.82, 2.24) is 10.2 Å². The summed E-state index contributed by atoms with van der Waals surface area (Å²) in [5.41, 5.74) is 11.4. The molecule has 0 saturated carbocycles. The number of primary amides is 1. The van der Waals surface area contributed by atoms with Gasteiger partial charge in [0.15, 0.2) is 5.82 Å². The van der Waals surface area contributed by atoms with E-state index in [4.69, 9.17) is 11.5 Å². The maximum absolute atomic E-state index is 11.0. The molecule has 1 aliphatic rings. The van der Waals surface area contributed by atoms with Crippen LogP contribution in [0.2, 0.25) is 0 Å². The number of aromatic nitrogens is 2. The Morgan fingerprint density at radius 3 is 2.73 bits per heavy atom. The lowest BCUT2D eigenvalue weighted by atomic mass is 10.0. The van der Waals surface area contributed by atoms with Crippen molar-refractivity contribution in [1.29, 1.82) is 0 Å². The molecule has 0 radical (unpaired) electrons. The summed E-state index contributed by atoms with van der Waals surface area (Å²) in [6.45, 7) is 1.16. The second-order valence-electron chi connectivity index (χ2n) is 3.49. The van der Waals surface area contributed by atoms with Gasteiger partial charge < -0.3 is 16.4 Å². The Balaban J connectivity index is 2.13. The third-order valence-corrected chi connectivity index (χ3v) is 2.56. The third kappa shape index (κ3) is 1.75. The van der Waals surface area contributed by atoms with E-state index in [-0.39, 0.29) is 11.9 Å². The van der Waals surface area contributed by atoms with Crippen LogP contribution >= 0.6 is 0 Å². The molecule has 0 bridgehead atoms. The highest BCUT2D eigenvalue weighted by molar-refractivity contribution is 5.85. The molecule has 1 aromatic heterocycles. The normalized spacial score (nSPS) is 19.8. The van der Waals surface area contributed by atoms with Crippen LogP contribution in [0.1, 0.15) is 12.1 Å². The molecule has 1 amide bonds. The van der Waals surface area contributed by atoms with Gasteiger partial charge in [-0.25, -0.2) is 0 Å². The second kappa shape index (κ2) is 3.82. The molecule has 1 fully saturated rings. The molecule has 6 heteroatoms. The SMILES string of the molecule is NCc1ccc(N2CCC2C(N)=O)nn1. The lowest BCUT2D eigenvalue weighted by Gasteiger charge is -2.39. The van der Waals surface area contributed by atoms with Gasteiger partial charge in [-0.15, -0.1) is 5.10 Å². The fourth-order valence-electron chi connectivity index (χ4n) is 1.57. The van der Waals surface area contributed by atoms with E-state index in [1.807, 2.05) is 11.0 Å². The molecule has 1 saturated heterocycles. The molecule has 0 spiro atoms. The van der Waals surface area contributed by atoms with Crippen molar-refractivity contribution >= 4 is 11.7 Å². The van der Waals surface area contributed by atoms with Crippen LogP contribution in [-0.4, -0.2) is 28.7 Å². The highest BCUT2D eigenvalue weighted by Gasteiger charge is 2.33. The van der Waals surface area contributed by atoms with E-state index in [0.717, 1.165) is 18.7 Å². The Kier molecular flexibility index (Phi) is 2.51. The molecule has 2 heterocycles. The summed E-state index contributed by atoms with van der Waals surface area (Å²) < 4.78 is 0. The Hall–Kier alpha value is -1.69. The van der Waals surface area contributed by atoms with Crippen molar-refractivity contribution in [2.75, 3.05) is 11.4 Å². The van der Waals surface area contributed by atoms with E-state index in [1.165, 1.54) is 0 Å². The number of amides is 1. The van der Waals surface area contributed by atoms with Crippen molar-refractivity contribution < 1.29 is 4.79 Å². The number of hydrogen-bond acceptors (Lipinski definition) is 5. The Morgan fingerprint density at radius 1 is 1.53 bits per heavy atom. The summed E-state index contributed by atoms with van der Waals surface area (Å²) in [6, 6.07) is 3.38. The molecule has 15 heavy (non-hydrogen) atoms. The molecule has 1 atom stereocenters. The van der Waals surface area contributed by atoms with Crippen LogP contribution in [0.4, 0.5) is 5.82 Å². The molecule has 0 aromatic carbocycles. The van der Waals surface area contributed by atoms with Gasteiger partial charge in [0.2, 0.25) is 5.91 Å². The van der Waals surface area contributed by atoms with Gasteiger partial charge in [0, 0.05) is 13.1 Å². The van der Waals surface area contributed by atoms with E-state index in [2.05, 4.69) is 10.2 Å². The van der Waals surface area contributed by atoms with Gasteiger partial charge in [0.1, 0.15) is 6.04 Å². The summed E-state index contributed by atoms with van der Waals surface area (Å²) in [4.78, 5) is 12.8. The van der Waals surface area contributed by atoms with Crippen LogP contribution < -0.4 is 16.4 Å². The molecule has 4 N–H and O–H groups in total. The topological polar surface area (TPSA) is 98.1 Å². The first-order valence-corrected chi connectivity index (χ1v) is 4.81. The minimum absolute atomic E-state index is 0.233. The van der Waals surface area contributed by atoms with Gasteiger partial charge in [0.05, 0.1) is 5.69 Å². The predicted octanol–water partition coefficient (Wildman–Crippen LogP) is -1.00. The molecular formula is C9H13N5O. The monoisotopic (exact) mass is 207 g/mol. The lowest BCUT2D eigenvalue weighted by molar-refractivity contribution is -0.120. The summed E-state index contributed by atoms with van der Waals surface area (Å²) in [5, 5.41) is 7.92. The van der Waals surface area contributed by atoms with Crippen LogP contribution in [0.5, 0.6) is 0 Å². The number of hydrogen-bond donors (Lipinski definition) is 2. The molecule has 2 rings (SSSR count). The van der Waals surface area contributed by atoms with E-state index in [9.17, 15) is 4.79 Å². The van der Waals surface area contributed by atoms with Gasteiger partial charge in [-0.3, -0.25) is 4.79 Å². The number of nitrogens with two attached hydrogens (primary N) is 2. The predicted molar refractivity (Wildman–Crippen MR) is 54.9 cm³/mol. The molecule has 0 aliphatic carbocycles. The van der Waals surface area contributed by atoms with Gasteiger partial charge in [-0.2, -0.15) is 5.10 Å². The quantitative estimate of drug-likeness (QED) is 0.662. The fraction of sp³-hybridized carbons (Fsp3) is 0.444. The summed E-state index contributed by atoms with van der Waals surface area (Å²) in [5.74, 6) is 0.369. The second-order valence-corrected chi connectivity index (χ2v) is 3.49. The smallest absolute Gasteiger partial charge is 0.240 e. The third-order valence-electron chi connectivity index (χ3n) is 2.56. The van der Waals surface area contributed by atoms with Gasteiger partial charge in [-0.1, -0.05) is 0 Å². The van der Waals surface area contributed by atoms with Gasteiger partial charge in [0.25, 0.3) is 0 Å². The maximum Gasteiger partial charge on any atom is 0.240 e. The largest absolute Gasteiger partial charge is 0.368 e. The molecule has 6 nitrogen and oxygen atoms in total. The molecule has 1 aliphatic heterocycles. The van der Waals surface area contributed by atoms with E-state index < -0.39 is 0 Å². The van der Waals surface area contributed by atoms with Crippen molar-refractivity contribution in [2.45, 2.75) is 19.0 Å². The Labute approximate surface area is 87.3 Å². The van der Waals surface area contributed by atoms with Crippen LogP contribution in [0.25, 0.3) is 0 Å². The molecule has 80 valence electrons. The number of anilines is 1. The number of nitrogens with zero attached hydrogens (tertiary/aromatic N) is 3. The van der Waals surface area contributed by atoms with E-state index in [0.29, 0.717) is 12.4 Å². The highest BCUT2D eigenvalue weighted by atomic mass is 16.1. The first-order valence-electron chi connectivity index (χ1n) is 4.81. The molecule has 1 unspecified atom stereocenters. The average Bonchev–Trinajstić information content (AvgIpc) is 2.16. The summed E-state index contributed by atoms with van der Waals surface area (Å²) >= 11 is 0. The van der Waals surface area contributed by atoms with Crippen molar-refractivity contribution in [3.8, 4) is 0 Å². The van der Waals surface area contributed by atoms with Crippen LogP contribution in [-0.2, 0) is 11.3 Å². The number of rotatable bonds is 3. The first kappa shape index (κ1) is 9.85. The lowest BCUT2D eigenvalue weighted by Crippen LogP contribution is -2.55. The Morgan fingerprint density at radius 2 is 2.33 bits per heavy atom. The highest BCUT2D eigenvalue weighted by Crippen LogP contribution is 2.23. The Bertz CT molecular complexity index is 363. The zero-order chi connectivity index (χ0) is 10.8. The van der Waals surface area contributed by atoms with Crippen LogP contribution in [0.15, 0.2) is 12.1 Å². The molecule has 1 aromatic rings. The maximum atomic E-state index is 11.0. The van der Waals surface area contributed by atoms with E-state index >= 15 is 0 Å². The number of carbonyl (C=O) groups is 1. The van der Waals surface area contributed by atoms with Crippen molar-refractivity contribution in [3.63, 3.8) is 0 Å². The minimum Gasteiger partial charge on any atom is -0.368 e. The zero-order valence-electron chi connectivity index (χ0n) is 8.26. The average molecular weight is 207 g/mol. The number of carbonyl (C=O) groups excluding carboxylic acids is 1. The van der Waals surface area contributed by atoms with Gasteiger partial charge in [-0.05, 0) is 18.6 Å². The first-order chi connectivity index (χ1) is 7.22. The standard InChI is InChI=1S/C9H13N5O/c10-5-6-1-2-8(13-12-6)14-4-3-7(14)9(11)15/h1-2,7H,3-5,10H2,(H2,11,15). The van der Waals surface area contributed by atoms with Crippen molar-refractivity contribution in [3.05, 3.63) is 17.8 Å². The van der Waals surface area contributed by atoms with Crippen molar-refractivity contribution in [2.24, 2.45) is 11.5 Å². The zero-order valence-corrected chi connectivity index (χ0v) is 8.26. The molecular weight excluding hydrogens is 194 g/mol. The van der Waals surface area contributed by atoms with Crippen LogP contribution in [0, 0.1) is 0 Å². The summed E-state index contributed by atoms with van der Waals surface area (Å²) in [7, 11) is 0. The minimum atomic E-state index is -0.314. The van der Waals surface area contributed by atoms with E-state index in [1.54, 1.807) is 6.07 Å². The summed E-state index contributed by atoms with van der Waals surface area (Å²) in [6.07, 6.45) is 0.787. The fourth-order valence-corrected chi connectivity index (χ4v) is 1.57. The van der Waals surface area contributed by atoms with Gasteiger partial charge >= 0.3 is 0 Å².